The number of sulfonamides is 2. The Morgan fingerprint density at radius 1 is 0.651 bits per heavy atom. The lowest BCUT2D eigenvalue weighted by atomic mass is 9.96. The van der Waals surface area contributed by atoms with E-state index in [0.29, 0.717) is 56.1 Å². The third kappa shape index (κ3) is 14.7. The first-order chi connectivity index (χ1) is 40.9. The summed E-state index contributed by atoms with van der Waals surface area (Å²) < 4.78 is 51.4. The van der Waals surface area contributed by atoms with Crippen LogP contribution in [0.3, 0.4) is 0 Å². The molecule has 4 aliphatic heterocycles. The first-order valence-corrected chi connectivity index (χ1v) is 34.6. The second kappa shape index (κ2) is 26.3. The minimum atomic E-state index is -3.18. The van der Waals surface area contributed by atoms with Gasteiger partial charge in [0.25, 0.3) is 0 Å². The molecule has 4 aromatic carbocycles. The van der Waals surface area contributed by atoms with Crippen molar-refractivity contribution in [2.45, 2.75) is 64.3 Å². The topological polar surface area (TPSA) is 208 Å². The van der Waals surface area contributed by atoms with Crippen molar-refractivity contribution in [3.8, 4) is 0 Å². The Labute approximate surface area is 522 Å². The van der Waals surface area contributed by atoms with Crippen LogP contribution >= 0.6 is 39.1 Å². The van der Waals surface area contributed by atoms with Gasteiger partial charge in [-0.05, 0) is 147 Å². The summed E-state index contributed by atoms with van der Waals surface area (Å²) >= 11 is 15.9. The fourth-order valence-electron chi connectivity index (χ4n) is 12.5. The number of piperazine rings is 2. The number of hydrogen-bond acceptors (Lipinski definition) is 10. The van der Waals surface area contributed by atoms with Gasteiger partial charge in [-0.3, -0.25) is 9.59 Å². The zero-order valence-electron chi connectivity index (χ0n) is 49.7. The van der Waals surface area contributed by atoms with Crippen LogP contribution in [0.15, 0.2) is 108 Å². The molecule has 0 atom stereocenters. The predicted molar refractivity (Wildman–Crippen MR) is 354 cm³/mol. The molecule has 8 heterocycles. The molecule has 0 spiro atoms. The first kappa shape index (κ1) is 63.0. The van der Waals surface area contributed by atoms with E-state index >= 15 is 0 Å². The van der Waals surface area contributed by atoms with Crippen molar-refractivity contribution in [2.75, 3.05) is 119 Å². The summed E-state index contributed by atoms with van der Waals surface area (Å²) in [5, 5.41) is 15.1. The van der Waals surface area contributed by atoms with Crippen LogP contribution in [0.4, 0.5) is 17.1 Å². The van der Waals surface area contributed by atoms with E-state index in [1.165, 1.54) is 73.7 Å². The Kier molecular flexibility index (Phi) is 19.3. The third-order valence-corrected chi connectivity index (χ3v) is 20.9. The minimum absolute atomic E-state index is 0.149. The fourth-order valence-corrected chi connectivity index (χ4v) is 15.3. The van der Waals surface area contributed by atoms with Crippen molar-refractivity contribution in [3.63, 3.8) is 0 Å². The molecular formula is C63H78BrCl2N11O7S2. The molecule has 3 saturated heterocycles. The molecule has 23 heteroatoms. The summed E-state index contributed by atoms with van der Waals surface area (Å²) in [6.45, 7) is 13.9. The Hall–Kier alpha value is -6.04. The van der Waals surface area contributed by atoms with Gasteiger partial charge in [0.05, 0.1) is 12.5 Å². The Balaban J connectivity index is 0.000000128. The summed E-state index contributed by atoms with van der Waals surface area (Å²) in [4.78, 5) is 46.3. The van der Waals surface area contributed by atoms with Gasteiger partial charge in [0.2, 0.25) is 31.9 Å². The van der Waals surface area contributed by atoms with Gasteiger partial charge >= 0.3 is 0 Å². The molecule has 0 bridgehead atoms. The van der Waals surface area contributed by atoms with Crippen LogP contribution in [0, 0.1) is 5.92 Å². The van der Waals surface area contributed by atoms with Gasteiger partial charge in [-0.1, -0.05) is 45.2 Å². The molecule has 13 rings (SSSR count). The minimum Gasteiger partial charge on any atom is -0.387 e. The van der Waals surface area contributed by atoms with Crippen molar-refractivity contribution in [1.29, 1.82) is 0 Å². The molecule has 1 aliphatic carbocycles. The molecule has 2 amide bonds. The van der Waals surface area contributed by atoms with Crippen LogP contribution in [0.2, 0.25) is 10.0 Å². The number of nitrogens with zero attached hydrogens (tertiary/aromatic N) is 7. The number of rotatable bonds is 10. The lowest BCUT2D eigenvalue weighted by molar-refractivity contribution is -0.134. The van der Waals surface area contributed by atoms with Crippen molar-refractivity contribution < 1.29 is 31.5 Å². The Morgan fingerprint density at radius 3 is 1.65 bits per heavy atom. The van der Waals surface area contributed by atoms with Gasteiger partial charge < -0.3 is 49.5 Å². The lowest BCUT2D eigenvalue weighted by Crippen LogP contribution is -2.60. The van der Waals surface area contributed by atoms with E-state index in [9.17, 15) is 26.4 Å². The summed E-state index contributed by atoms with van der Waals surface area (Å²) in [7, 11) is -4.62. The Bertz CT molecular complexity index is 4010. The number of aliphatic hydroxyl groups excluding tert-OH is 1. The number of nitrogens with one attached hydrogen (secondary N) is 4. The summed E-state index contributed by atoms with van der Waals surface area (Å²) in [6, 6.07) is 25.0. The van der Waals surface area contributed by atoms with Crippen LogP contribution in [-0.2, 0) is 29.6 Å². The zero-order valence-corrected chi connectivity index (χ0v) is 54.4. The standard InChI is InChI=1S/C18H25N3O2S.C16H22ClN3O2S.C15H15BrN2O.C14H16ClN3O2/c1-18(2)12-20(8-9-21(18)24(3,22)23)17-11-14(13-4-5-13)10-16-15(17)6-7-19-16;1-19(23(2,21)22)11-12-4-7-20(8-5-12)16-10-13(17)9-15-14(16)3-6-18-15;1-10(19)18-6-3-11(4-7-18)14-8-12(16)9-15-13(14)2-5-17-15;15-10-7-12-11(1-2-16-12)13(8-10)17-3-5-18(6-4-17)14(20)9-19/h6-7,10-11,13,19H,4-5,8-9,12H2,1-3H3;3,6,9-10,12,18H,4-5,7-8,11H2,1-2H3;2-3,5,8-9,17H,4,6-7H2,1H3;1-2,7-8,16,19H,3-6,9H2. The van der Waals surface area contributed by atoms with Gasteiger partial charge in [-0.15, -0.1) is 0 Å². The van der Waals surface area contributed by atoms with Gasteiger partial charge in [0.1, 0.15) is 6.61 Å². The third-order valence-electron chi connectivity index (χ3n) is 17.3. The highest BCUT2D eigenvalue weighted by Crippen LogP contribution is 2.44. The molecule has 460 valence electrons. The van der Waals surface area contributed by atoms with Gasteiger partial charge in [0, 0.05) is 198 Å². The fraction of sp³-hybridized carbons (Fsp3) is 0.429. The van der Waals surface area contributed by atoms with Gasteiger partial charge in [-0.2, -0.15) is 4.31 Å². The van der Waals surface area contributed by atoms with Gasteiger partial charge in [-0.25, -0.2) is 21.1 Å². The average Bonchev–Trinajstić information content (AvgIpc) is 4.07. The molecular weight excluding hydrogens is 1240 g/mol. The molecule has 5 aliphatic rings. The largest absolute Gasteiger partial charge is 0.387 e. The number of amides is 2. The normalized spacial score (nSPS) is 18.0. The van der Waals surface area contributed by atoms with E-state index in [4.69, 9.17) is 28.3 Å². The average molecular weight is 1320 g/mol. The second-order valence-corrected chi connectivity index (χ2v) is 29.7. The van der Waals surface area contributed by atoms with Crippen molar-refractivity contribution in [1.82, 2.24) is 38.3 Å². The lowest BCUT2D eigenvalue weighted by Gasteiger charge is -2.46. The van der Waals surface area contributed by atoms with E-state index in [-0.39, 0.29) is 11.8 Å². The van der Waals surface area contributed by atoms with E-state index in [0.717, 1.165) is 101 Å². The number of carbonyl (C=O) groups is 2. The monoisotopic (exact) mass is 1310 g/mol. The highest BCUT2D eigenvalue weighted by Gasteiger charge is 2.40. The number of aromatic nitrogens is 4. The summed E-state index contributed by atoms with van der Waals surface area (Å²) in [6.07, 6.45) is 18.0. The maximum absolute atomic E-state index is 12.1. The van der Waals surface area contributed by atoms with Crippen molar-refractivity contribution in [3.05, 3.63) is 129 Å². The maximum atomic E-state index is 12.1. The van der Waals surface area contributed by atoms with Crippen molar-refractivity contribution in [2.24, 2.45) is 5.92 Å². The molecule has 8 aromatic rings. The number of piperidine rings is 1. The number of carbonyl (C=O) groups excluding carboxylic acids is 2. The second-order valence-electron chi connectivity index (χ2n) is 23.9. The number of benzene rings is 4. The molecule has 5 N–H and O–H groups in total. The predicted octanol–water partition coefficient (Wildman–Crippen LogP) is 10.9. The summed E-state index contributed by atoms with van der Waals surface area (Å²) in [5.74, 6) is 1.05. The van der Waals surface area contributed by atoms with Crippen LogP contribution in [0.5, 0.6) is 0 Å². The smallest absolute Gasteiger partial charge is 0.248 e. The van der Waals surface area contributed by atoms with E-state index < -0.39 is 32.2 Å². The number of aliphatic hydroxyl groups is 1. The highest BCUT2D eigenvalue weighted by molar-refractivity contribution is 9.10. The first-order valence-electron chi connectivity index (χ1n) is 29.3. The number of H-pyrrole nitrogens is 4. The number of halogens is 3. The number of fused-ring (bicyclic) bond motifs is 4. The number of aromatic amines is 4. The quantitative estimate of drug-likeness (QED) is 0.0875. The summed E-state index contributed by atoms with van der Waals surface area (Å²) in [5.41, 5.74) is 11.4. The number of anilines is 3. The SMILES string of the molecule is CC(=O)N1CC=C(c2cc(Br)cc3[nH]ccc23)CC1.CC1(C)CN(c2cc(C3CC3)cc3[nH]ccc23)CCN1S(C)(=O)=O.CN(CC1CCN(c2cc(Cl)cc3[nH]ccc23)CC1)S(C)(=O)=O.O=C(CO)N1CCN(c2cc(Cl)cc3[nH]ccc23)CC1. The molecule has 4 fully saturated rings. The van der Waals surface area contributed by atoms with Crippen LogP contribution in [-0.4, -0.2) is 182 Å². The molecule has 1 saturated carbocycles. The van der Waals surface area contributed by atoms with Gasteiger partial charge in [0.15, 0.2) is 0 Å². The molecule has 0 unspecified atom stereocenters. The van der Waals surface area contributed by atoms with E-state index in [2.05, 4.69) is 99.1 Å². The Morgan fingerprint density at radius 2 is 1.16 bits per heavy atom. The number of hydrogen-bond donors (Lipinski definition) is 5. The zero-order chi connectivity index (χ0) is 61.2. The van der Waals surface area contributed by atoms with E-state index in [1.807, 2.05) is 73.9 Å². The molecule has 0 radical (unpaired) electrons. The maximum Gasteiger partial charge on any atom is 0.248 e. The van der Waals surface area contributed by atoms with Crippen LogP contribution in [0.1, 0.15) is 69.9 Å². The molecule has 18 nitrogen and oxygen atoms in total. The highest BCUT2D eigenvalue weighted by atomic mass is 79.9. The molecule has 86 heavy (non-hydrogen) atoms. The van der Waals surface area contributed by atoms with Crippen LogP contribution < -0.4 is 14.7 Å². The molecule has 4 aromatic heterocycles. The van der Waals surface area contributed by atoms with E-state index in [1.54, 1.807) is 23.2 Å². The van der Waals surface area contributed by atoms with Crippen molar-refractivity contribution >= 4 is 137 Å². The van der Waals surface area contributed by atoms with Crippen LogP contribution in [0.25, 0.3) is 49.2 Å².